The third-order valence-electron chi connectivity index (χ3n) is 11.0. The van der Waals surface area contributed by atoms with E-state index in [2.05, 4.69) is 39.8 Å². The second kappa shape index (κ2) is 8.27. The average molecular weight is 402 g/mol. The fourth-order valence-electron chi connectivity index (χ4n) is 9.36. The Hall–Kier alpha value is -0.400. The van der Waals surface area contributed by atoms with E-state index in [-0.39, 0.29) is 6.04 Å². The van der Waals surface area contributed by atoms with Crippen molar-refractivity contribution in [1.29, 1.82) is 0 Å². The molecule has 4 fully saturated rings. The number of nitrogens with zero attached hydrogens (tertiary/aromatic N) is 1. The molecule has 0 N–H and O–H groups in total. The van der Waals surface area contributed by atoms with Crippen LogP contribution in [0.2, 0.25) is 0 Å². The van der Waals surface area contributed by atoms with Gasteiger partial charge >= 0.3 is 0 Å². The largest absolute Gasteiger partial charge is 0.151 e. The quantitative estimate of drug-likeness (QED) is 0.412. The van der Waals surface area contributed by atoms with Gasteiger partial charge in [0.15, 0.2) is 0 Å². The van der Waals surface area contributed by atoms with Crippen LogP contribution in [0, 0.1) is 57.2 Å². The van der Waals surface area contributed by atoms with Crippen LogP contribution in [0.1, 0.15) is 112 Å². The Labute approximate surface area is 180 Å². The summed E-state index contributed by atoms with van der Waals surface area (Å²) in [4.78, 5) is 11.2. The Morgan fingerprint density at radius 3 is 2.31 bits per heavy atom. The first kappa shape index (κ1) is 21.8. The third-order valence-corrected chi connectivity index (χ3v) is 11.0. The number of nitroso groups, excluding NO2 is 1. The molecule has 0 aromatic carbocycles. The minimum absolute atomic E-state index is 0.112. The summed E-state index contributed by atoms with van der Waals surface area (Å²) in [7, 11) is 0. The predicted molar refractivity (Wildman–Crippen MR) is 123 cm³/mol. The summed E-state index contributed by atoms with van der Waals surface area (Å²) >= 11 is 0. The van der Waals surface area contributed by atoms with Crippen molar-refractivity contribution in [3.63, 3.8) is 0 Å². The van der Waals surface area contributed by atoms with Crippen LogP contribution in [-0.2, 0) is 0 Å². The van der Waals surface area contributed by atoms with Crippen LogP contribution in [0.25, 0.3) is 0 Å². The fourth-order valence-corrected chi connectivity index (χ4v) is 9.36. The zero-order valence-corrected chi connectivity index (χ0v) is 20.0. The third kappa shape index (κ3) is 3.73. The summed E-state index contributed by atoms with van der Waals surface area (Å²) in [6.07, 6.45) is 16.4. The summed E-state index contributed by atoms with van der Waals surface area (Å²) < 4.78 is 0. The van der Waals surface area contributed by atoms with Gasteiger partial charge < -0.3 is 0 Å². The molecule has 0 aromatic rings. The van der Waals surface area contributed by atoms with Crippen LogP contribution < -0.4 is 0 Å². The Bertz CT molecular complexity index is 587. The van der Waals surface area contributed by atoms with E-state index in [9.17, 15) is 4.91 Å². The predicted octanol–water partition coefficient (Wildman–Crippen LogP) is 8.24. The molecule has 0 radical (unpaired) electrons. The van der Waals surface area contributed by atoms with Gasteiger partial charge in [-0.2, -0.15) is 4.91 Å². The van der Waals surface area contributed by atoms with Gasteiger partial charge in [0.25, 0.3) is 0 Å². The molecule has 0 aromatic heterocycles. The molecule has 0 bridgehead atoms. The molecule has 4 aliphatic carbocycles. The number of hydrogen-bond acceptors (Lipinski definition) is 2. The minimum Gasteiger partial charge on any atom is -0.151 e. The highest BCUT2D eigenvalue weighted by atomic mass is 16.3. The van der Waals surface area contributed by atoms with Gasteiger partial charge in [0, 0.05) is 0 Å². The van der Waals surface area contributed by atoms with E-state index in [1.165, 1.54) is 64.2 Å². The van der Waals surface area contributed by atoms with Gasteiger partial charge in [0.1, 0.15) is 0 Å². The van der Waals surface area contributed by atoms with Gasteiger partial charge in [-0.1, -0.05) is 59.1 Å². The first-order valence-corrected chi connectivity index (χ1v) is 13.1. The van der Waals surface area contributed by atoms with E-state index in [1.807, 2.05) is 0 Å². The Morgan fingerprint density at radius 2 is 1.59 bits per heavy atom. The lowest BCUT2D eigenvalue weighted by atomic mass is 9.44. The molecule has 9 atom stereocenters. The van der Waals surface area contributed by atoms with Crippen molar-refractivity contribution in [2.75, 3.05) is 0 Å². The molecule has 4 aliphatic rings. The van der Waals surface area contributed by atoms with E-state index >= 15 is 0 Å². The maximum absolute atomic E-state index is 11.2. The maximum Gasteiger partial charge on any atom is 0.0922 e. The molecule has 4 saturated carbocycles. The lowest BCUT2D eigenvalue weighted by Gasteiger charge is -2.61. The smallest absolute Gasteiger partial charge is 0.0922 e. The van der Waals surface area contributed by atoms with Crippen LogP contribution in [0.5, 0.6) is 0 Å². The normalized spacial score (nSPS) is 47.9. The lowest BCUT2D eigenvalue weighted by Crippen LogP contribution is -2.54. The average Bonchev–Trinajstić information content (AvgIpc) is 3.04. The SMILES string of the molecule is CC(C)CCCC(C)C1CCC2C3CCC4CC(N=O)CCC4(C)C3CCC12C. The van der Waals surface area contributed by atoms with Gasteiger partial charge in [-0.15, -0.1) is 0 Å². The van der Waals surface area contributed by atoms with Gasteiger partial charge in [0.2, 0.25) is 0 Å². The van der Waals surface area contributed by atoms with Crippen molar-refractivity contribution in [2.45, 2.75) is 118 Å². The first-order valence-electron chi connectivity index (χ1n) is 13.1. The molecule has 29 heavy (non-hydrogen) atoms. The van der Waals surface area contributed by atoms with E-state index in [0.717, 1.165) is 54.3 Å². The van der Waals surface area contributed by atoms with Crippen LogP contribution in [-0.4, -0.2) is 6.04 Å². The van der Waals surface area contributed by atoms with Crippen LogP contribution in [0.15, 0.2) is 5.18 Å². The van der Waals surface area contributed by atoms with Gasteiger partial charge in [-0.25, -0.2) is 0 Å². The van der Waals surface area contributed by atoms with E-state index in [1.54, 1.807) is 0 Å². The van der Waals surface area contributed by atoms with Crippen LogP contribution in [0.3, 0.4) is 0 Å². The summed E-state index contributed by atoms with van der Waals surface area (Å²) in [5, 5.41) is 3.45. The van der Waals surface area contributed by atoms with E-state index in [0.29, 0.717) is 10.8 Å². The second-order valence-corrected chi connectivity index (χ2v) is 12.7. The molecular formula is C27H47NO. The molecule has 0 amide bonds. The number of hydrogen-bond donors (Lipinski definition) is 0. The molecule has 0 heterocycles. The van der Waals surface area contributed by atoms with Crippen LogP contribution in [0.4, 0.5) is 0 Å². The highest BCUT2D eigenvalue weighted by molar-refractivity contribution is 5.10. The van der Waals surface area contributed by atoms with E-state index in [4.69, 9.17) is 0 Å². The topological polar surface area (TPSA) is 29.4 Å². The summed E-state index contributed by atoms with van der Waals surface area (Å²) in [5.74, 6) is 6.33. The molecule has 4 rings (SSSR count). The molecule has 0 saturated heterocycles. The van der Waals surface area contributed by atoms with Crippen molar-refractivity contribution >= 4 is 0 Å². The molecular weight excluding hydrogens is 354 g/mol. The minimum atomic E-state index is 0.112. The molecule has 0 aliphatic heterocycles. The fraction of sp³-hybridized carbons (Fsp3) is 1.00. The molecule has 9 unspecified atom stereocenters. The van der Waals surface area contributed by atoms with E-state index < -0.39 is 0 Å². The molecule has 0 spiro atoms. The maximum atomic E-state index is 11.2. The second-order valence-electron chi connectivity index (χ2n) is 12.7. The first-order chi connectivity index (χ1) is 13.8. The van der Waals surface area contributed by atoms with Crippen molar-refractivity contribution < 1.29 is 0 Å². The van der Waals surface area contributed by atoms with Crippen molar-refractivity contribution in [3.8, 4) is 0 Å². The number of rotatable bonds is 6. The lowest BCUT2D eigenvalue weighted by molar-refractivity contribution is -0.116. The van der Waals surface area contributed by atoms with Crippen molar-refractivity contribution in [3.05, 3.63) is 4.91 Å². The Balaban J connectivity index is 1.46. The summed E-state index contributed by atoms with van der Waals surface area (Å²) in [6.45, 7) is 12.6. The van der Waals surface area contributed by atoms with Gasteiger partial charge in [-0.3, -0.25) is 0 Å². The van der Waals surface area contributed by atoms with Gasteiger partial charge in [0.05, 0.1) is 6.04 Å². The monoisotopic (exact) mass is 401 g/mol. The number of fused-ring (bicyclic) bond motifs is 5. The standard InChI is InChI=1S/C27H47NO/c1-18(2)7-6-8-19(3)23-11-12-24-22-10-9-20-17-21(28-29)13-15-26(20,4)25(22)14-16-27(23,24)5/h18-25H,6-17H2,1-5H3. The molecule has 2 heteroatoms. The van der Waals surface area contributed by atoms with Gasteiger partial charge in [-0.05, 0) is 110 Å². The van der Waals surface area contributed by atoms with Crippen LogP contribution >= 0.6 is 0 Å². The zero-order chi connectivity index (χ0) is 20.8. The summed E-state index contributed by atoms with van der Waals surface area (Å²) in [5.41, 5.74) is 1.09. The molecule has 166 valence electrons. The highest BCUT2D eigenvalue weighted by Crippen LogP contribution is 2.68. The molecule has 2 nitrogen and oxygen atoms in total. The zero-order valence-electron chi connectivity index (χ0n) is 20.0. The highest BCUT2D eigenvalue weighted by Gasteiger charge is 2.60. The summed E-state index contributed by atoms with van der Waals surface area (Å²) in [6, 6.07) is 0.112. The Kier molecular flexibility index (Phi) is 6.22. The van der Waals surface area contributed by atoms with Crippen molar-refractivity contribution in [2.24, 2.45) is 57.4 Å². The van der Waals surface area contributed by atoms with Crippen molar-refractivity contribution in [1.82, 2.24) is 0 Å². The Morgan fingerprint density at radius 1 is 0.862 bits per heavy atom.